The molecule has 5 rings (SSSR count). The van der Waals surface area contributed by atoms with E-state index in [0.717, 1.165) is 49.0 Å². The van der Waals surface area contributed by atoms with Crippen LogP contribution in [0.25, 0.3) is 0 Å². The summed E-state index contributed by atoms with van der Waals surface area (Å²) < 4.78 is 1.79. The molecule has 1 aromatic heterocycles. The molecule has 1 saturated carbocycles. The van der Waals surface area contributed by atoms with Gasteiger partial charge in [0.05, 0.1) is 5.92 Å². The summed E-state index contributed by atoms with van der Waals surface area (Å²) in [5.41, 5.74) is 3.10. The number of aryl methyl sites for hydroxylation is 1. The molecule has 33 heavy (non-hydrogen) atoms. The number of hydrogen-bond donors (Lipinski definition) is 1. The van der Waals surface area contributed by atoms with Crippen molar-refractivity contribution < 1.29 is 14.4 Å². The summed E-state index contributed by atoms with van der Waals surface area (Å²) in [5, 5.41) is 7.53. The van der Waals surface area contributed by atoms with Crippen molar-refractivity contribution >= 4 is 23.4 Å². The average Bonchev–Trinajstić information content (AvgIpc) is 3.14. The summed E-state index contributed by atoms with van der Waals surface area (Å²) in [6.45, 7) is 2.13. The van der Waals surface area contributed by atoms with Crippen LogP contribution in [0.2, 0.25) is 0 Å². The Morgan fingerprint density at radius 1 is 0.970 bits per heavy atom. The van der Waals surface area contributed by atoms with Crippen LogP contribution in [0.15, 0.2) is 30.3 Å². The third kappa shape index (κ3) is 4.26. The zero-order valence-corrected chi connectivity index (χ0v) is 19.1. The fraction of sp³-hybridized carbons (Fsp3) is 0.520. The zero-order valence-electron chi connectivity index (χ0n) is 19.1. The van der Waals surface area contributed by atoms with Gasteiger partial charge >= 0.3 is 0 Å². The van der Waals surface area contributed by atoms with Crippen LogP contribution in [-0.4, -0.2) is 56.9 Å². The topological polar surface area (TPSA) is 87.5 Å². The first-order valence-corrected chi connectivity index (χ1v) is 12.0. The normalized spacial score (nSPS) is 20.7. The Kier molecular flexibility index (Phi) is 5.91. The number of nitrogens with one attached hydrogen (secondary N) is 1. The third-order valence-corrected chi connectivity index (χ3v) is 7.33. The van der Waals surface area contributed by atoms with Crippen molar-refractivity contribution in [1.82, 2.24) is 19.6 Å². The van der Waals surface area contributed by atoms with Crippen molar-refractivity contribution in [3.8, 4) is 0 Å². The van der Waals surface area contributed by atoms with Gasteiger partial charge in [0, 0.05) is 62.5 Å². The lowest BCUT2D eigenvalue weighted by molar-refractivity contribution is -0.139. The minimum atomic E-state index is -0.251. The lowest BCUT2D eigenvalue weighted by Gasteiger charge is -2.35. The van der Waals surface area contributed by atoms with Gasteiger partial charge in [0.15, 0.2) is 5.69 Å². The van der Waals surface area contributed by atoms with E-state index in [4.69, 9.17) is 0 Å². The predicted molar refractivity (Wildman–Crippen MR) is 123 cm³/mol. The fourth-order valence-corrected chi connectivity index (χ4v) is 5.16. The van der Waals surface area contributed by atoms with Gasteiger partial charge in [-0.15, -0.1) is 0 Å². The second-order valence-corrected chi connectivity index (χ2v) is 9.48. The van der Waals surface area contributed by atoms with Gasteiger partial charge < -0.3 is 15.1 Å². The fourth-order valence-electron chi connectivity index (χ4n) is 5.16. The summed E-state index contributed by atoms with van der Waals surface area (Å²) in [5.74, 6) is -0.0849. The van der Waals surface area contributed by atoms with Crippen LogP contribution >= 0.6 is 0 Å². The molecule has 3 aliphatic rings. The number of anilines is 1. The summed E-state index contributed by atoms with van der Waals surface area (Å²) in [7, 11) is 1.87. The highest BCUT2D eigenvalue weighted by Gasteiger charge is 2.36. The number of para-hydroxylation sites is 1. The third-order valence-electron chi connectivity index (χ3n) is 7.33. The van der Waals surface area contributed by atoms with Crippen molar-refractivity contribution in [2.24, 2.45) is 18.9 Å². The highest BCUT2D eigenvalue weighted by Crippen LogP contribution is 2.31. The summed E-state index contributed by atoms with van der Waals surface area (Å²) in [6, 6.07) is 9.40. The first-order valence-electron chi connectivity index (χ1n) is 12.0. The maximum Gasteiger partial charge on any atom is 0.274 e. The number of carbonyl (C=O) groups excluding carboxylic acids is 3. The molecule has 0 radical (unpaired) electrons. The van der Waals surface area contributed by atoms with Crippen molar-refractivity contribution in [2.75, 3.05) is 25.0 Å². The number of piperidine rings is 1. The molecule has 174 valence electrons. The zero-order chi connectivity index (χ0) is 22.9. The van der Waals surface area contributed by atoms with Gasteiger partial charge in [0.1, 0.15) is 0 Å². The molecule has 1 atom stereocenters. The second kappa shape index (κ2) is 9.00. The Bertz CT molecular complexity index is 1060. The van der Waals surface area contributed by atoms with E-state index in [-0.39, 0.29) is 29.6 Å². The molecule has 1 aliphatic carbocycles. The van der Waals surface area contributed by atoms with Gasteiger partial charge in [0.25, 0.3) is 5.91 Å². The molecule has 2 aromatic rings. The van der Waals surface area contributed by atoms with Gasteiger partial charge in [-0.1, -0.05) is 24.6 Å². The smallest absolute Gasteiger partial charge is 0.274 e. The maximum absolute atomic E-state index is 13.5. The van der Waals surface area contributed by atoms with E-state index in [9.17, 15) is 14.4 Å². The standard InChI is InChI=1S/C25H31N5O3/c1-28-21-12-14-30(24(32)17-7-5-8-17)16-20(21)22(27-28)25(33)29-13-6-9-18(15-29)23(31)26-19-10-3-2-4-11-19/h2-4,10-11,17-18H,5-9,12-16H2,1H3,(H,26,31). The van der Waals surface area contributed by atoms with Crippen LogP contribution < -0.4 is 5.32 Å². The Morgan fingerprint density at radius 2 is 1.73 bits per heavy atom. The van der Waals surface area contributed by atoms with Gasteiger partial charge in [0.2, 0.25) is 11.8 Å². The van der Waals surface area contributed by atoms with Gasteiger partial charge in [-0.3, -0.25) is 19.1 Å². The highest BCUT2D eigenvalue weighted by molar-refractivity contribution is 5.96. The van der Waals surface area contributed by atoms with E-state index < -0.39 is 0 Å². The number of hydrogen-bond acceptors (Lipinski definition) is 4. The molecule has 2 aliphatic heterocycles. The summed E-state index contributed by atoms with van der Waals surface area (Å²) in [4.78, 5) is 42.8. The summed E-state index contributed by atoms with van der Waals surface area (Å²) in [6.07, 6.45) is 5.32. The number of fused-ring (bicyclic) bond motifs is 1. The molecule has 3 heterocycles. The average molecular weight is 450 g/mol. The molecule has 0 spiro atoms. The minimum Gasteiger partial charge on any atom is -0.338 e. The SMILES string of the molecule is Cn1nc(C(=O)N2CCCC(C(=O)Nc3ccccc3)C2)c2c1CCN(C(=O)C1CCC1)C2. The van der Waals surface area contributed by atoms with Crippen LogP contribution in [-0.2, 0) is 29.6 Å². The summed E-state index contributed by atoms with van der Waals surface area (Å²) >= 11 is 0. The van der Waals surface area contributed by atoms with Crippen LogP contribution in [0.3, 0.4) is 0 Å². The van der Waals surface area contributed by atoms with Crippen LogP contribution in [0.4, 0.5) is 5.69 Å². The van der Waals surface area contributed by atoms with Crippen molar-refractivity contribution in [3.63, 3.8) is 0 Å². The Morgan fingerprint density at radius 3 is 2.45 bits per heavy atom. The highest BCUT2D eigenvalue weighted by atomic mass is 16.2. The van der Waals surface area contributed by atoms with Gasteiger partial charge in [-0.05, 0) is 37.8 Å². The number of nitrogens with zero attached hydrogens (tertiary/aromatic N) is 4. The van der Waals surface area contributed by atoms with Crippen LogP contribution in [0.5, 0.6) is 0 Å². The van der Waals surface area contributed by atoms with E-state index in [0.29, 0.717) is 38.3 Å². The molecule has 1 aromatic carbocycles. The lowest BCUT2D eigenvalue weighted by atomic mass is 9.84. The molecule has 2 fully saturated rings. The first-order chi connectivity index (χ1) is 16.0. The quantitative estimate of drug-likeness (QED) is 0.777. The molecular formula is C25H31N5O3. The Labute approximate surface area is 193 Å². The molecule has 8 nitrogen and oxygen atoms in total. The molecule has 3 amide bonds. The number of aromatic nitrogens is 2. The van der Waals surface area contributed by atoms with Crippen molar-refractivity contribution in [3.05, 3.63) is 47.3 Å². The molecule has 1 saturated heterocycles. The monoisotopic (exact) mass is 449 g/mol. The van der Waals surface area contributed by atoms with E-state index in [1.807, 2.05) is 42.3 Å². The molecular weight excluding hydrogens is 418 g/mol. The molecule has 1 N–H and O–H groups in total. The Balaban J connectivity index is 1.29. The first kappa shape index (κ1) is 21.7. The van der Waals surface area contributed by atoms with E-state index in [1.165, 1.54) is 0 Å². The number of likely N-dealkylation sites (tertiary alicyclic amines) is 1. The van der Waals surface area contributed by atoms with Gasteiger partial charge in [-0.2, -0.15) is 5.10 Å². The largest absolute Gasteiger partial charge is 0.338 e. The van der Waals surface area contributed by atoms with Gasteiger partial charge in [-0.25, -0.2) is 0 Å². The predicted octanol–water partition coefficient (Wildman–Crippen LogP) is 2.60. The Hall–Kier alpha value is -3.16. The van der Waals surface area contributed by atoms with E-state index >= 15 is 0 Å². The number of carbonyl (C=O) groups is 3. The van der Waals surface area contributed by atoms with Crippen LogP contribution in [0.1, 0.15) is 53.8 Å². The van der Waals surface area contributed by atoms with Crippen molar-refractivity contribution in [2.45, 2.75) is 45.1 Å². The lowest BCUT2D eigenvalue weighted by Crippen LogP contribution is -2.45. The van der Waals surface area contributed by atoms with E-state index in [1.54, 1.807) is 9.58 Å². The second-order valence-electron chi connectivity index (χ2n) is 9.48. The molecule has 8 heteroatoms. The number of benzene rings is 1. The molecule has 0 bridgehead atoms. The number of amides is 3. The number of rotatable bonds is 4. The molecule has 1 unspecified atom stereocenters. The van der Waals surface area contributed by atoms with Crippen LogP contribution in [0, 0.1) is 11.8 Å². The van der Waals surface area contributed by atoms with E-state index in [2.05, 4.69) is 10.4 Å². The minimum absolute atomic E-state index is 0.0565. The van der Waals surface area contributed by atoms with Crippen molar-refractivity contribution in [1.29, 1.82) is 0 Å². The maximum atomic E-state index is 13.5.